The van der Waals surface area contributed by atoms with Crippen LogP contribution < -0.4 is 16.0 Å². The predicted molar refractivity (Wildman–Crippen MR) is 149 cm³/mol. The Balaban J connectivity index is 0.000000402. The van der Waals surface area contributed by atoms with Crippen LogP contribution >= 0.6 is 11.6 Å². The van der Waals surface area contributed by atoms with Crippen LogP contribution in [0.25, 0.3) is 0 Å². The Bertz CT molecular complexity index is 1060. The lowest BCUT2D eigenvalue weighted by Crippen LogP contribution is -2.51. The molecule has 4 aliphatic rings. The molecule has 0 unspecified atom stereocenters. The zero-order chi connectivity index (χ0) is 33.1. The van der Waals surface area contributed by atoms with Crippen molar-refractivity contribution in [3.8, 4) is 0 Å². The summed E-state index contributed by atoms with van der Waals surface area (Å²) in [7, 11) is 1.98. The predicted octanol–water partition coefficient (Wildman–Crippen LogP) is 5.08. The monoisotopic (exact) mass is 660 g/mol. The zero-order valence-electron chi connectivity index (χ0n) is 24.3. The smallest absolute Gasteiger partial charge is 0.475 e. The summed E-state index contributed by atoms with van der Waals surface area (Å²) in [6, 6.07) is 1.89. The highest BCUT2D eigenvalue weighted by atomic mass is 35.5. The first-order chi connectivity index (χ1) is 20.5. The van der Waals surface area contributed by atoms with E-state index in [0.717, 1.165) is 68.9 Å². The third-order valence-electron chi connectivity index (χ3n) is 8.00. The summed E-state index contributed by atoms with van der Waals surface area (Å²) in [5.41, 5.74) is 1.86. The largest absolute Gasteiger partial charge is 0.490 e. The lowest BCUT2D eigenvalue weighted by Gasteiger charge is -2.56. The molecule has 1 aromatic heterocycles. The lowest BCUT2D eigenvalue weighted by molar-refractivity contribution is -0.193. The van der Waals surface area contributed by atoms with E-state index < -0.39 is 24.3 Å². The molecule has 0 spiro atoms. The second-order valence-corrected chi connectivity index (χ2v) is 12.1. The van der Waals surface area contributed by atoms with Crippen molar-refractivity contribution in [1.29, 1.82) is 0 Å². The molecular weight excluding hydrogens is 622 g/mol. The number of aliphatic carboxylic acids is 2. The average Bonchev–Trinajstić information content (AvgIpc) is 2.91. The average molecular weight is 661 g/mol. The minimum absolute atomic E-state index is 0.0374. The van der Waals surface area contributed by atoms with Crippen LogP contribution in [0.1, 0.15) is 67.4 Å². The molecule has 4 bridgehead atoms. The van der Waals surface area contributed by atoms with E-state index in [2.05, 4.69) is 20.9 Å². The number of alkyl halides is 6. The zero-order valence-corrected chi connectivity index (χ0v) is 25.0. The van der Waals surface area contributed by atoms with Gasteiger partial charge in [0.1, 0.15) is 0 Å². The second kappa shape index (κ2) is 16.6. The van der Waals surface area contributed by atoms with Crippen molar-refractivity contribution in [2.75, 3.05) is 33.2 Å². The summed E-state index contributed by atoms with van der Waals surface area (Å²) in [4.78, 5) is 35.2. The summed E-state index contributed by atoms with van der Waals surface area (Å²) < 4.78 is 63.5. The van der Waals surface area contributed by atoms with Gasteiger partial charge in [-0.3, -0.25) is 9.78 Å². The van der Waals surface area contributed by atoms with Crippen molar-refractivity contribution in [2.45, 2.75) is 70.1 Å². The van der Waals surface area contributed by atoms with E-state index in [4.69, 9.17) is 31.4 Å². The summed E-state index contributed by atoms with van der Waals surface area (Å²) in [5, 5.41) is 24.6. The summed E-state index contributed by atoms with van der Waals surface area (Å²) in [5.74, 6) is -2.85. The molecule has 16 heteroatoms. The maximum atomic E-state index is 12.9. The molecule has 1 amide bonds. The van der Waals surface area contributed by atoms with Crippen LogP contribution in [-0.4, -0.2) is 78.6 Å². The van der Waals surface area contributed by atoms with Gasteiger partial charge in [0.05, 0.1) is 10.6 Å². The summed E-state index contributed by atoms with van der Waals surface area (Å²) >= 11 is 6.34. The van der Waals surface area contributed by atoms with Crippen LogP contribution in [0.3, 0.4) is 0 Å². The number of rotatable bonds is 11. The molecule has 0 aliphatic heterocycles. The third kappa shape index (κ3) is 12.4. The van der Waals surface area contributed by atoms with Crippen LogP contribution in [0, 0.1) is 23.2 Å². The van der Waals surface area contributed by atoms with Crippen molar-refractivity contribution < 1.29 is 50.9 Å². The van der Waals surface area contributed by atoms with Crippen LogP contribution in [0.2, 0.25) is 5.02 Å². The molecule has 1 heterocycles. The van der Waals surface area contributed by atoms with Crippen molar-refractivity contribution in [3.05, 3.63) is 28.5 Å². The molecule has 0 aromatic carbocycles. The Morgan fingerprint density at radius 2 is 1.39 bits per heavy atom. The molecule has 44 heavy (non-hydrogen) atoms. The van der Waals surface area contributed by atoms with E-state index >= 15 is 0 Å². The minimum Gasteiger partial charge on any atom is -0.475 e. The van der Waals surface area contributed by atoms with Crippen molar-refractivity contribution in [3.63, 3.8) is 0 Å². The van der Waals surface area contributed by atoms with Gasteiger partial charge in [-0.25, -0.2) is 9.59 Å². The lowest BCUT2D eigenvalue weighted by atomic mass is 9.49. The van der Waals surface area contributed by atoms with E-state index in [1.807, 2.05) is 13.1 Å². The fourth-order valence-electron chi connectivity index (χ4n) is 6.57. The number of aryl methyl sites for hydroxylation is 1. The van der Waals surface area contributed by atoms with Crippen LogP contribution in [0.15, 0.2) is 12.3 Å². The van der Waals surface area contributed by atoms with E-state index in [1.54, 1.807) is 6.20 Å². The number of hydrogen-bond donors (Lipinski definition) is 5. The molecule has 0 saturated heterocycles. The van der Waals surface area contributed by atoms with Gasteiger partial charge in [-0.15, -0.1) is 0 Å². The first-order valence-corrected chi connectivity index (χ1v) is 14.7. The molecule has 9 nitrogen and oxygen atoms in total. The summed E-state index contributed by atoms with van der Waals surface area (Å²) in [6.07, 6.45) is 2.64. The molecule has 5 rings (SSSR count). The summed E-state index contributed by atoms with van der Waals surface area (Å²) in [6.45, 7) is 3.82. The maximum absolute atomic E-state index is 12.9. The highest BCUT2D eigenvalue weighted by molar-refractivity contribution is 6.33. The van der Waals surface area contributed by atoms with E-state index in [1.165, 1.54) is 38.5 Å². The highest BCUT2D eigenvalue weighted by Crippen LogP contribution is 2.59. The third-order valence-corrected chi connectivity index (χ3v) is 8.30. The Morgan fingerprint density at radius 1 is 0.909 bits per heavy atom. The molecule has 1 aromatic rings. The molecular formula is C28H39ClF6N4O5. The first-order valence-electron chi connectivity index (χ1n) is 14.3. The van der Waals surface area contributed by atoms with E-state index in [-0.39, 0.29) is 5.91 Å². The number of carboxylic acids is 2. The van der Waals surface area contributed by atoms with Gasteiger partial charge in [0.2, 0.25) is 0 Å². The number of hydrogen-bond acceptors (Lipinski definition) is 6. The molecule has 250 valence electrons. The van der Waals surface area contributed by atoms with Crippen LogP contribution in [0.5, 0.6) is 0 Å². The van der Waals surface area contributed by atoms with Crippen LogP contribution in [0.4, 0.5) is 26.3 Å². The fraction of sp³-hybridized carbons (Fsp3) is 0.714. The number of halogens is 7. The highest BCUT2D eigenvalue weighted by Gasteiger charge is 2.50. The Labute approximate surface area is 256 Å². The number of carbonyl (C=O) groups excluding carboxylic acids is 1. The quantitative estimate of drug-likeness (QED) is 0.164. The molecule has 4 saturated carbocycles. The topological polar surface area (TPSA) is 141 Å². The molecule has 0 radical (unpaired) electrons. The van der Waals surface area contributed by atoms with Crippen molar-refractivity contribution in [2.24, 2.45) is 23.2 Å². The van der Waals surface area contributed by atoms with Crippen molar-refractivity contribution in [1.82, 2.24) is 20.9 Å². The van der Waals surface area contributed by atoms with Gasteiger partial charge in [0.25, 0.3) is 5.91 Å². The molecule has 0 atom stereocenters. The number of pyridine rings is 1. The molecule has 4 aliphatic carbocycles. The van der Waals surface area contributed by atoms with Gasteiger partial charge in [0, 0.05) is 18.4 Å². The van der Waals surface area contributed by atoms with Gasteiger partial charge in [-0.05, 0) is 114 Å². The van der Waals surface area contributed by atoms with Gasteiger partial charge < -0.3 is 26.2 Å². The molecule has 5 N–H and O–H groups in total. The van der Waals surface area contributed by atoms with Gasteiger partial charge in [-0.2, -0.15) is 26.3 Å². The van der Waals surface area contributed by atoms with Gasteiger partial charge >= 0.3 is 24.3 Å². The Kier molecular flexibility index (Phi) is 14.2. The van der Waals surface area contributed by atoms with E-state index in [9.17, 15) is 31.1 Å². The van der Waals surface area contributed by atoms with Gasteiger partial charge in [-0.1, -0.05) is 11.6 Å². The standard InChI is InChI=1S/C24H37ClN4O.2C2HF3O2/c1-26-5-3-7-27-6-2-4-20-11-21(22(25)15-28-20)23(30)29-16-24-12-17-8-18(13-24)10-19(9-17)14-24;2*3-2(4,5)1(6)7/h11,15,17-19,26-27H,2-10,12-14,16H2,1H3,(H,29,30);2*(H,6,7). The Hall–Kier alpha value is -2.65. The normalized spacial score (nSPS) is 23.6. The number of amides is 1. The molecule has 4 fully saturated rings. The van der Waals surface area contributed by atoms with E-state index in [0.29, 0.717) is 16.0 Å². The number of aromatic nitrogens is 1. The number of carbonyl (C=O) groups is 3. The van der Waals surface area contributed by atoms with Crippen molar-refractivity contribution >= 4 is 29.4 Å². The second-order valence-electron chi connectivity index (χ2n) is 11.7. The first kappa shape index (κ1) is 37.5. The van der Waals surface area contributed by atoms with Gasteiger partial charge in [0.15, 0.2) is 0 Å². The number of carboxylic acid groups (broad SMARTS) is 2. The minimum atomic E-state index is -5.08. The number of nitrogens with zero attached hydrogens (tertiary/aromatic N) is 1. The van der Waals surface area contributed by atoms with Crippen LogP contribution in [-0.2, 0) is 16.0 Å². The fourth-order valence-corrected chi connectivity index (χ4v) is 6.76. The number of nitrogens with one attached hydrogen (secondary N) is 3. The Morgan fingerprint density at radius 3 is 1.84 bits per heavy atom. The maximum Gasteiger partial charge on any atom is 0.490 e. The SMILES string of the molecule is CNCCCNCCCc1cc(C(=O)NCC23CC4CC(CC(C4)C2)C3)c(Cl)cn1.O=C(O)C(F)(F)F.O=C(O)C(F)(F)F.